The third-order valence-corrected chi connectivity index (χ3v) is 3.42. The van der Waals surface area contributed by atoms with Crippen LogP contribution in [0.5, 0.6) is 11.5 Å². The van der Waals surface area contributed by atoms with Gasteiger partial charge in [0.2, 0.25) is 0 Å². The second kappa shape index (κ2) is 12.3. The number of allylic oxidation sites excluding steroid dienone is 2. The van der Waals surface area contributed by atoms with E-state index in [2.05, 4.69) is 0 Å². The molecule has 0 aromatic heterocycles. The zero-order valence-electron chi connectivity index (χ0n) is 15.3. The van der Waals surface area contributed by atoms with E-state index in [-0.39, 0.29) is 5.78 Å². The summed E-state index contributed by atoms with van der Waals surface area (Å²) < 4.78 is 10.1. The summed E-state index contributed by atoms with van der Waals surface area (Å²) in [7, 11) is 3.24. The average Bonchev–Trinajstić information content (AvgIpc) is 2.71. The van der Waals surface area contributed by atoms with E-state index < -0.39 is 0 Å². The van der Waals surface area contributed by atoms with Gasteiger partial charge < -0.3 is 9.47 Å². The van der Waals surface area contributed by atoms with E-state index in [4.69, 9.17) is 9.47 Å². The summed E-state index contributed by atoms with van der Waals surface area (Å²) in [5.74, 6) is 1.74. The molecule has 26 heavy (non-hydrogen) atoms. The van der Waals surface area contributed by atoms with Gasteiger partial charge in [-0.25, -0.2) is 0 Å². The Morgan fingerprint density at radius 2 is 1.65 bits per heavy atom. The SMILES string of the molecule is CCC(=O)/C=C/c1ccc(OC)cc1.COc1ccccc1/C=C/C=O. The Morgan fingerprint density at radius 1 is 0.962 bits per heavy atom. The van der Waals surface area contributed by atoms with Gasteiger partial charge in [-0.3, -0.25) is 9.59 Å². The maximum absolute atomic E-state index is 11.0. The maximum atomic E-state index is 11.0. The van der Waals surface area contributed by atoms with E-state index in [1.807, 2.05) is 61.5 Å². The molecule has 0 saturated carbocycles. The number of carbonyl (C=O) groups is 2. The molecule has 0 aliphatic carbocycles. The van der Waals surface area contributed by atoms with Crippen molar-refractivity contribution in [1.29, 1.82) is 0 Å². The predicted molar refractivity (Wildman–Crippen MR) is 105 cm³/mol. The predicted octanol–water partition coefficient (Wildman–Crippen LogP) is 4.59. The lowest BCUT2D eigenvalue weighted by atomic mass is 10.2. The van der Waals surface area contributed by atoms with Gasteiger partial charge in [0.05, 0.1) is 14.2 Å². The second-order valence-corrected chi connectivity index (χ2v) is 5.16. The van der Waals surface area contributed by atoms with Crippen LogP contribution in [-0.4, -0.2) is 26.3 Å². The van der Waals surface area contributed by atoms with Gasteiger partial charge in [-0.2, -0.15) is 0 Å². The number of carbonyl (C=O) groups excluding carboxylic acids is 2. The summed E-state index contributed by atoms with van der Waals surface area (Å²) in [5.41, 5.74) is 1.92. The van der Waals surface area contributed by atoms with Gasteiger partial charge in [0.1, 0.15) is 17.8 Å². The smallest absolute Gasteiger partial charge is 0.155 e. The standard InChI is InChI=1S/C12H14O2.C10H10O2/c1-3-11(13)7-4-10-5-8-12(14-2)9-6-10;1-12-10-7-3-2-5-9(10)6-4-8-11/h4-9H,3H2,1-2H3;2-8H,1H3/b7-4+;6-4+. The molecular formula is C22H24O4. The van der Waals surface area contributed by atoms with Gasteiger partial charge in [0.15, 0.2) is 5.78 Å². The normalized spacial score (nSPS) is 10.3. The molecule has 0 fully saturated rings. The van der Waals surface area contributed by atoms with Crippen LogP contribution in [0.25, 0.3) is 12.2 Å². The van der Waals surface area contributed by atoms with Gasteiger partial charge in [-0.05, 0) is 42.0 Å². The molecule has 0 radical (unpaired) electrons. The van der Waals surface area contributed by atoms with Crippen molar-refractivity contribution in [3.8, 4) is 11.5 Å². The highest BCUT2D eigenvalue weighted by atomic mass is 16.5. The van der Waals surface area contributed by atoms with E-state index in [1.54, 1.807) is 26.4 Å². The highest BCUT2D eigenvalue weighted by Crippen LogP contribution is 2.18. The molecule has 4 heteroatoms. The summed E-state index contributed by atoms with van der Waals surface area (Å²) >= 11 is 0. The Morgan fingerprint density at radius 3 is 2.23 bits per heavy atom. The molecular weight excluding hydrogens is 328 g/mol. The minimum absolute atomic E-state index is 0.140. The molecule has 0 aliphatic heterocycles. The minimum Gasteiger partial charge on any atom is -0.497 e. The Bertz CT molecular complexity index is 743. The van der Waals surface area contributed by atoms with Gasteiger partial charge in [-0.15, -0.1) is 0 Å². The first-order valence-electron chi connectivity index (χ1n) is 8.24. The molecule has 0 spiro atoms. The van der Waals surface area contributed by atoms with E-state index in [1.165, 1.54) is 6.08 Å². The van der Waals surface area contributed by atoms with Crippen molar-refractivity contribution in [3.05, 3.63) is 71.8 Å². The van der Waals surface area contributed by atoms with Crippen LogP contribution in [-0.2, 0) is 9.59 Å². The average molecular weight is 352 g/mol. The zero-order chi connectivity index (χ0) is 19.2. The Balaban J connectivity index is 0.000000263. The fraction of sp³-hybridized carbons (Fsp3) is 0.182. The molecule has 0 N–H and O–H groups in total. The maximum Gasteiger partial charge on any atom is 0.155 e. The van der Waals surface area contributed by atoms with Gasteiger partial charge in [-0.1, -0.05) is 43.3 Å². The zero-order valence-corrected chi connectivity index (χ0v) is 15.3. The fourth-order valence-corrected chi connectivity index (χ4v) is 1.97. The summed E-state index contributed by atoms with van der Waals surface area (Å²) in [4.78, 5) is 21.0. The van der Waals surface area contributed by atoms with E-state index >= 15 is 0 Å². The van der Waals surface area contributed by atoms with Crippen molar-refractivity contribution in [2.24, 2.45) is 0 Å². The van der Waals surface area contributed by atoms with Gasteiger partial charge in [0.25, 0.3) is 0 Å². The molecule has 0 aliphatic rings. The van der Waals surface area contributed by atoms with Crippen molar-refractivity contribution >= 4 is 24.2 Å². The van der Waals surface area contributed by atoms with Crippen LogP contribution in [0, 0.1) is 0 Å². The molecule has 0 bridgehead atoms. The third kappa shape index (κ3) is 7.62. The number of methoxy groups -OCH3 is 2. The molecule has 136 valence electrons. The number of para-hydroxylation sites is 1. The molecule has 0 unspecified atom stereocenters. The number of hydrogen-bond donors (Lipinski definition) is 0. The quantitative estimate of drug-likeness (QED) is 0.540. The monoisotopic (exact) mass is 352 g/mol. The van der Waals surface area contributed by atoms with Crippen molar-refractivity contribution in [2.45, 2.75) is 13.3 Å². The number of rotatable bonds is 7. The Kier molecular flexibility index (Phi) is 9.85. The molecule has 0 atom stereocenters. The summed E-state index contributed by atoms with van der Waals surface area (Å²) in [6.45, 7) is 1.85. The van der Waals surface area contributed by atoms with Crippen LogP contribution in [0.1, 0.15) is 24.5 Å². The Labute approximate surface area is 154 Å². The lowest BCUT2D eigenvalue weighted by Crippen LogP contribution is -1.87. The molecule has 4 nitrogen and oxygen atoms in total. The third-order valence-electron chi connectivity index (χ3n) is 3.42. The summed E-state index contributed by atoms with van der Waals surface area (Å²) in [6.07, 6.45) is 7.86. The molecule has 0 amide bonds. The molecule has 0 heterocycles. The first kappa shape index (κ1) is 20.9. The van der Waals surface area contributed by atoms with Crippen molar-refractivity contribution < 1.29 is 19.1 Å². The number of hydrogen-bond acceptors (Lipinski definition) is 4. The van der Waals surface area contributed by atoms with Crippen LogP contribution in [0.4, 0.5) is 0 Å². The first-order chi connectivity index (χ1) is 12.6. The molecule has 0 saturated heterocycles. The molecule has 2 aromatic rings. The minimum atomic E-state index is 0.140. The number of aldehydes is 1. The van der Waals surface area contributed by atoms with E-state index in [0.717, 1.165) is 28.9 Å². The van der Waals surface area contributed by atoms with Crippen LogP contribution < -0.4 is 9.47 Å². The van der Waals surface area contributed by atoms with Crippen LogP contribution in [0.15, 0.2) is 60.7 Å². The number of benzene rings is 2. The second-order valence-electron chi connectivity index (χ2n) is 5.16. The lowest BCUT2D eigenvalue weighted by molar-refractivity contribution is -0.114. The lowest BCUT2D eigenvalue weighted by Gasteiger charge is -2.02. The summed E-state index contributed by atoms with van der Waals surface area (Å²) in [5, 5.41) is 0. The fourth-order valence-electron chi connectivity index (χ4n) is 1.97. The number of ketones is 1. The topological polar surface area (TPSA) is 52.6 Å². The van der Waals surface area contributed by atoms with Crippen molar-refractivity contribution in [2.75, 3.05) is 14.2 Å². The van der Waals surface area contributed by atoms with Crippen molar-refractivity contribution in [3.63, 3.8) is 0 Å². The Hall–Kier alpha value is -3.14. The molecule has 2 aromatic carbocycles. The van der Waals surface area contributed by atoms with Crippen LogP contribution >= 0.6 is 0 Å². The number of ether oxygens (including phenoxy) is 2. The van der Waals surface area contributed by atoms with Gasteiger partial charge >= 0.3 is 0 Å². The largest absolute Gasteiger partial charge is 0.497 e. The van der Waals surface area contributed by atoms with E-state index in [0.29, 0.717) is 6.42 Å². The highest BCUT2D eigenvalue weighted by molar-refractivity contribution is 5.93. The molecule has 2 rings (SSSR count). The highest BCUT2D eigenvalue weighted by Gasteiger charge is 1.95. The van der Waals surface area contributed by atoms with Crippen LogP contribution in [0.3, 0.4) is 0 Å². The van der Waals surface area contributed by atoms with E-state index in [9.17, 15) is 9.59 Å². The van der Waals surface area contributed by atoms with Gasteiger partial charge in [0, 0.05) is 12.0 Å². The van der Waals surface area contributed by atoms with Crippen LogP contribution in [0.2, 0.25) is 0 Å². The first-order valence-corrected chi connectivity index (χ1v) is 8.24. The van der Waals surface area contributed by atoms with Crippen molar-refractivity contribution in [1.82, 2.24) is 0 Å². The summed E-state index contributed by atoms with van der Waals surface area (Å²) in [6, 6.07) is 15.1.